The van der Waals surface area contributed by atoms with Crippen molar-refractivity contribution in [3.63, 3.8) is 0 Å². The van der Waals surface area contributed by atoms with E-state index in [2.05, 4.69) is 4.98 Å². The summed E-state index contributed by atoms with van der Waals surface area (Å²) < 4.78 is 6.02. The molecule has 2 saturated heterocycles. The summed E-state index contributed by atoms with van der Waals surface area (Å²) in [6.45, 7) is 0. The molecule has 2 aliphatic rings. The van der Waals surface area contributed by atoms with Crippen molar-refractivity contribution in [1.82, 2.24) is 9.88 Å². The Bertz CT molecular complexity index is 795. The number of ether oxygens (including phenoxy) is 1. The number of aromatic nitrogens is 1. The highest BCUT2D eigenvalue weighted by atomic mass is 35.5. The third-order valence-electron chi connectivity index (χ3n) is 5.18. The van der Waals surface area contributed by atoms with Gasteiger partial charge in [0.1, 0.15) is 6.10 Å². The number of carbonyl (C=O) groups excluding carboxylic acids is 1. The van der Waals surface area contributed by atoms with E-state index in [1.807, 2.05) is 47.4 Å². The van der Waals surface area contributed by atoms with Gasteiger partial charge in [-0.15, -0.1) is 0 Å². The molecule has 0 radical (unpaired) electrons. The van der Waals surface area contributed by atoms with Gasteiger partial charge in [-0.25, -0.2) is 4.98 Å². The fourth-order valence-electron chi connectivity index (χ4n) is 4.03. The lowest BCUT2D eigenvalue weighted by atomic mass is 9.99. The Kier molecular flexibility index (Phi) is 4.93. The minimum Gasteiger partial charge on any atom is -0.474 e. The molecule has 4 nitrogen and oxygen atoms in total. The van der Waals surface area contributed by atoms with Crippen LogP contribution in [0.3, 0.4) is 0 Å². The Hall–Kier alpha value is -2.33. The van der Waals surface area contributed by atoms with Crippen molar-refractivity contribution >= 4 is 23.6 Å². The molecule has 3 heterocycles. The lowest BCUT2D eigenvalue weighted by Crippen LogP contribution is -2.48. The Labute approximate surface area is 158 Å². The van der Waals surface area contributed by atoms with Gasteiger partial charge < -0.3 is 9.64 Å². The third kappa shape index (κ3) is 3.61. The molecule has 26 heavy (non-hydrogen) atoms. The number of rotatable bonds is 4. The normalized spacial score (nSPS) is 24.8. The highest BCUT2D eigenvalue weighted by Gasteiger charge is 2.43. The number of hydrogen-bond donors (Lipinski definition) is 0. The van der Waals surface area contributed by atoms with E-state index < -0.39 is 0 Å². The van der Waals surface area contributed by atoms with Gasteiger partial charge in [0, 0.05) is 48.3 Å². The van der Waals surface area contributed by atoms with Gasteiger partial charge >= 0.3 is 0 Å². The maximum atomic E-state index is 12.8. The molecule has 2 aromatic rings. The number of pyridine rings is 1. The number of benzene rings is 1. The lowest BCUT2D eigenvalue weighted by molar-refractivity contribution is -0.131. The summed E-state index contributed by atoms with van der Waals surface area (Å²) in [5.74, 6) is 0.726. The largest absolute Gasteiger partial charge is 0.474 e. The summed E-state index contributed by atoms with van der Waals surface area (Å²) in [4.78, 5) is 19.0. The fraction of sp³-hybridized carbons (Fsp3) is 0.333. The molecule has 2 atom stereocenters. The van der Waals surface area contributed by atoms with Crippen LogP contribution in [0.2, 0.25) is 5.02 Å². The first-order chi connectivity index (χ1) is 12.7. The molecular weight excluding hydrogens is 348 g/mol. The van der Waals surface area contributed by atoms with Gasteiger partial charge in [0.15, 0.2) is 0 Å². The zero-order valence-corrected chi connectivity index (χ0v) is 15.2. The van der Waals surface area contributed by atoms with Crippen LogP contribution in [0.15, 0.2) is 54.7 Å². The molecule has 1 aromatic heterocycles. The van der Waals surface area contributed by atoms with Crippen molar-refractivity contribution in [3.8, 4) is 5.88 Å². The number of hydrogen-bond acceptors (Lipinski definition) is 3. The lowest BCUT2D eigenvalue weighted by Gasteiger charge is -2.38. The van der Waals surface area contributed by atoms with Gasteiger partial charge in [-0.3, -0.25) is 4.79 Å². The Morgan fingerprint density at radius 2 is 1.85 bits per heavy atom. The van der Waals surface area contributed by atoms with Gasteiger partial charge in [-0.1, -0.05) is 35.9 Å². The highest BCUT2D eigenvalue weighted by molar-refractivity contribution is 6.32. The van der Waals surface area contributed by atoms with Crippen molar-refractivity contribution in [2.75, 3.05) is 0 Å². The summed E-state index contributed by atoms with van der Waals surface area (Å²) >= 11 is 6.16. The molecule has 0 N–H and O–H groups in total. The van der Waals surface area contributed by atoms with Crippen LogP contribution < -0.4 is 4.74 Å². The first-order valence-corrected chi connectivity index (χ1v) is 9.41. The minimum atomic E-state index is 0.0636. The molecule has 0 spiro atoms. The summed E-state index contributed by atoms with van der Waals surface area (Å²) in [6, 6.07) is 13.7. The van der Waals surface area contributed by atoms with Crippen molar-refractivity contribution in [1.29, 1.82) is 0 Å². The van der Waals surface area contributed by atoms with Crippen LogP contribution in [-0.2, 0) is 4.79 Å². The minimum absolute atomic E-state index is 0.0636. The smallest absolute Gasteiger partial charge is 0.247 e. The van der Waals surface area contributed by atoms with Gasteiger partial charge in [-0.2, -0.15) is 0 Å². The first kappa shape index (κ1) is 17.1. The Morgan fingerprint density at radius 1 is 1.12 bits per heavy atom. The highest BCUT2D eigenvalue weighted by Crippen LogP contribution is 2.37. The average Bonchev–Trinajstić information content (AvgIpc) is 2.93. The zero-order valence-electron chi connectivity index (χ0n) is 14.4. The van der Waals surface area contributed by atoms with Gasteiger partial charge in [0.25, 0.3) is 0 Å². The molecule has 2 fully saturated rings. The van der Waals surface area contributed by atoms with Gasteiger partial charge in [0.05, 0.1) is 0 Å². The van der Waals surface area contributed by atoms with Gasteiger partial charge in [0.2, 0.25) is 11.8 Å². The number of halogens is 1. The third-order valence-corrected chi connectivity index (χ3v) is 5.52. The average molecular weight is 369 g/mol. The number of amides is 1. The van der Waals surface area contributed by atoms with Gasteiger partial charge in [-0.05, 0) is 36.6 Å². The molecular formula is C21H21ClN2O2. The van der Waals surface area contributed by atoms with Crippen LogP contribution in [0.1, 0.15) is 31.2 Å². The SMILES string of the molecule is O=C(/C=C/c1ccccc1Cl)N1C2CCC1CC(Oc1ccccn1)C2. The predicted octanol–water partition coefficient (Wildman–Crippen LogP) is 4.35. The molecule has 134 valence electrons. The van der Waals surface area contributed by atoms with Crippen LogP contribution in [0.25, 0.3) is 6.08 Å². The molecule has 2 aliphatic heterocycles. The number of carbonyl (C=O) groups is 1. The maximum Gasteiger partial charge on any atom is 0.247 e. The molecule has 2 bridgehead atoms. The fourth-order valence-corrected chi connectivity index (χ4v) is 4.23. The summed E-state index contributed by atoms with van der Waals surface area (Å²) in [7, 11) is 0. The van der Waals surface area contributed by atoms with Crippen LogP contribution in [-0.4, -0.2) is 34.0 Å². The van der Waals surface area contributed by atoms with E-state index in [0.29, 0.717) is 10.9 Å². The van der Waals surface area contributed by atoms with E-state index in [0.717, 1.165) is 31.2 Å². The topological polar surface area (TPSA) is 42.4 Å². The number of nitrogens with zero attached hydrogens (tertiary/aromatic N) is 2. The molecule has 0 aliphatic carbocycles. The second-order valence-corrected chi connectivity index (χ2v) is 7.27. The van der Waals surface area contributed by atoms with Crippen molar-refractivity contribution in [2.45, 2.75) is 43.9 Å². The van der Waals surface area contributed by atoms with E-state index in [4.69, 9.17) is 16.3 Å². The molecule has 4 rings (SSSR count). The van der Waals surface area contributed by atoms with E-state index in [1.165, 1.54) is 0 Å². The maximum absolute atomic E-state index is 12.8. The van der Waals surface area contributed by atoms with Crippen molar-refractivity contribution in [3.05, 3.63) is 65.3 Å². The zero-order chi connectivity index (χ0) is 17.9. The second-order valence-electron chi connectivity index (χ2n) is 6.86. The quantitative estimate of drug-likeness (QED) is 0.753. The van der Waals surface area contributed by atoms with Crippen LogP contribution >= 0.6 is 11.6 Å². The van der Waals surface area contributed by atoms with E-state index >= 15 is 0 Å². The molecule has 5 heteroatoms. The monoisotopic (exact) mass is 368 g/mol. The number of piperidine rings is 1. The first-order valence-electron chi connectivity index (χ1n) is 9.03. The summed E-state index contributed by atoms with van der Waals surface area (Å²) in [5, 5.41) is 0.655. The Morgan fingerprint density at radius 3 is 2.54 bits per heavy atom. The van der Waals surface area contributed by atoms with Crippen LogP contribution in [0, 0.1) is 0 Å². The summed E-state index contributed by atoms with van der Waals surface area (Å²) in [6.07, 6.45) is 9.11. The van der Waals surface area contributed by atoms with E-state index in [9.17, 15) is 4.79 Å². The van der Waals surface area contributed by atoms with E-state index in [-0.39, 0.29) is 24.1 Å². The Balaban J connectivity index is 1.41. The molecule has 2 unspecified atom stereocenters. The second kappa shape index (κ2) is 7.50. The number of fused-ring (bicyclic) bond motifs is 2. The van der Waals surface area contributed by atoms with Crippen molar-refractivity contribution < 1.29 is 9.53 Å². The molecule has 1 aromatic carbocycles. The predicted molar refractivity (Wildman–Crippen MR) is 102 cm³/mol. The standard InChI is InChI=1S/C21H21ClN2O2/c22-19-6-2-1-5-15(19)8-11-21(25)24-16-9-10-17(24)14-18(13-16)26-20-7-3-4-12-23-20/h1-8,11-12,16-18H,9-10,13-14H2/b11-8+. The van der Waals surface area contributed by atoms with Crippen molar-refractivity contribution in [2.24, 2.45) is 0 Å². The summed E-state index contributed by atoms with van der Waals surface area (Å²) in [5.41, 5.74) is 0.864. The van der Waals surface area contributed by atoms with Crippen LogP contribution in [0.5, 0.6) is 5.88 Å². The van der Waals surface area contributed by atoms with Crippen LogP contribution in [0.4, 0.5) is 0 Å². The molecule has 0 saturated carbocycles. The molecule has 1 amide bonds. The van der Waals surface area contributed by atoms with E-state index in [1.54, 1.807) is 18.3 Å².